The first kappa shape index (κ1) is 116. The first-order valence-electron chi connectivity index (χ1n) is 38.2. The molecule has 0 aromatic heterocycles. The van der Waals surface area contributed by atoms with Gasteiger partial charge in [0.05, 0.1) is 34.5 Å². The number of carbonyl (C=O) groups is 4. The van der Waals surface area contributed by atoms with Crippen LogP contribution in [0.1, 0.15) is 155 Å². The van der Waals surface area contributed by atoms with Crippen LogP contribution in [0.2, 0.25) is 0 Å². The summed E-state index contributed by atoms with van der Waals surface area (Å²) in [5.41, 5.74) is 10.8. The number of unbranched alkanes of at least 4 members (excludes halogenated alkanes) is 2. The van der Waals surface area contributed by atoms with Gasteiger partial charge in [-0.2, -0.15) is 23.5 Å². The molecule has 5 aromatic carbocycles. The van der Waals surface area contributed by atoms with Gasteiger partial charge in [0.1, 0.15) is 6.29 Å². The van der Waals surface area contributed by atoms with Crippen LogP contribution in [0.15, 0.2) is 176 Å². The normalized spacial score (nSPS) is 15.2. The van der Waals surface area contributed by atoms with Crippen LogP contribution in [0.3, 0.4) is 0 Å². The molecule has 0 saturated carbocycles. The summed E-state index contributed by atoms with van der Waals surface area (Å²) in [5, 5.41) is 6.19. The smallest absolute Gasteiger partial charge is 0.793 e. The molecule has 20 nitrogen and oxygen atoms in total. The number of hydrogen-bond donors (Lipinski definition) is 3. The van der Waals surface area contributed by atoms with Gasteiger partial charge in [-0.1, -0.05) is 252 Å². The Labute approximate surface area is 700 Å². The zero-order chi connectivity index (χ0) is 83.1. The van der Waals surface area contributed by atoms with Crippen molar-refractivity contribution in [1.29, 1.82) is 0 Å². The van der Waals surface area contributed by atoms with E-state index in [0.29, 0.717) is 73.8 Å². The fourth-order valence-electron chi connectivity index (χ4n) is 8.55. The molecule has 0 atom stereocenters. The quantitative estimate of drug-likeness (QED) is 0.0307. The van der Waals surface area contributed by atoms with Crippen LogP contribution in [0, 0.1) is 0 Å². The van der Waals surface area contributed by atoms with Gasteiger partial charge < -0.3 is 29.1 Å². The molecule has 0 aliphatic carbocycles. The SMILES string of the molecule is C/C=C/CCC.C1CSCCN1.C=CCCC.CC.CC.CC.CC(=O)OOC(C)=O.CCN.CCNC.O=Cc1ccccc1.O=S1(=O)CCN(Cc2ccccc2)CC1.O=S1(=O)CCN(Cc2ccccc2)CC1.O=S1(=O)CCN(Cc2ccccc2)CC1.[B-]OC(C)=O.[Na+].c1ccc(CN2CCSCC2)cc1. The number of rotatable bonds is 14. The van der Waals surface area contributed by atoms with Crippen LogP contribution in [0.4, 0.5) is 0 Å². The molecule has 5 aromatic rings. The Morgan fingerprint density at radius 3 is 0.909 bits per heavy atom. The van der Waals surface area contributed by atoms with E-state index in [2.05, 4.69) is 178 Å². The van der Waals surface area contributed by atoms with Crippen LogP contribution in [0.5, 0.6) is 0 Å². The summed E-state index contributed by atoms with van der Waals surface area (Å²) in [7, 11) is -2.00. The van der Waals surface area contributed by atoms with E-state index in [4.69, 9.17) is 5.73 Å². The third-order valence-corrected chi connectivity index (χ3v) is 20.9. The van der Waals surface area contributed by atoms with Crippen molar-refractivity contribution in [3.63, 3.8) is 0 Å². The van der Waals surface area contributed by atoms with E-state index < -0.39 is 47.4 Å². The average Bonchev–Trinajstić information content (AvgIpc) is 0.875. The van der Waals surface area contributed by atoms with Crippen LogP contribution < -0.4 is 45.9 Å². The van der Waals surface area contributed by atoms with Gasteiger partial charge in [0.2, 0.25) is 5.97 Å². The topological polar surface area (TPSA) is 261 Å². The molecule has 5 aliphatic heterocycles. The van der Waals surface area contributed by atoms with Crippen molar-refractivity contribution in [1.82, 2.24) is 30.2 Å². The number of hydrogen-bond acceptors (Lipinski definition) is 22. The maximum absolute atomic E-state index is 11.2. The molecule has 27 heteroatoms. The maximum atomic E-state index is 11.2. The number of sulfone groups is 3. The number of aldehydes is 1. The Hall–Kier alpha value is -5.01. The summed E-state index contributed by atoms with van der Waals surface area (Å²) in [6.07, 6.45) is 11.9. The van der Waals surface area contributed by atoms with Gasteiger partial charge >= 0.3 is 41.5 Å². The van der Waals surface area contributed by atoms with Crippen molar-refractivity contribution in [3.8, 4) is 0 Å². The Morgan fingerprint density at radius 1 is 0.491 bits per heavy atom. The molecule has 4 N–H and O–H groups in total. The van der Waals surface area contributed by atoms with Crippen molar-refractivity contribution in [2.24, 2.45) is 5.73 Å². The van der Waals surface area contributed by atoms with E-state index in [1.54, 1.807) is 12.1 Å². The summed E-state index contributed by atoms with van der Waals surface area (Å²) in [5.74, 6) is 5.30. The molecule has 3 radical (unpaired) electrons. The van der Waals surface area contributed by atoms with Crippen LogP contribution in [-0.4, -0.2) is 220 Å². The molecular weight excluding hydrogens is 1500 g/mol. The first-order chi connectivity index (χ1) is 52.4. The minimum absolute atomic E-state index is 0. The van der Waals surface area contributed by atoms with E-state index in [1.807, 2.05) is 146 Å². The fourth-order valence-corrected chi connectivity index (χ4v) is 14.1. The van der Waals surface area contributed by atoms with E-state index in [-0.39, 0.29) is 29.6 Å². The number of nitrogens with zero attached hydrogens (tertiary/aromatic N) is 4. The van der Waals surface area contributed by atoms with Crippen molar-refractivity contribution in [3.05, 3.63) is 204 Å². The van der Waals surface area contributed by atoms with Crippen LogP contribution in [-0.2, 0) is 84.5 Å². The van der Waals surface area contributed by atoms with E-state index in [9.17, 15) is 44.4 Å². The predicted molar refractivity (Wildman–Crippen MR) is 466 cm³/mol. The average molecular weight is 1640 g/mol. The Kier molecular flexibility index (Phi) is 87.9. The van der Waals surface area contributed by atoms with E-state index >= 15 is 0 Å². The van der Waals surface area contributed by atoms with Crippen LogP contribution >= 0.6 is 23.5 Å². The van der Waals surface area contributed by atoms with Crippen molar-refractivity contribution in [2.75, 3.05) is 143 Å². The molecule has 619 valence electrons. The molecule has 0 amide bonds. The number of nitrogens with two attached hydrogens (primary N) is 1. The number of benzene rings is 5. The molecule has 0 bridgehead atoms. The molecule has 110 heavy (non-hydrogen) atoms. The van der Waals surface area contributed by atoms with Gasteiger partial charge in [-0.3, -0.25) is 29.2 Å². The Balaban J connectivity index is -0.000000274. The van der Waals surface area contributed by atoms with Gasteiger partial charge in [0, 0.05) is 141 Å². The third kappa shape index (κ3) is 79.6. The first-order valence-corrected chi connectivity index (χ1v) is 46.0. The largest absolute Gasteiger partial charge is 1.00 e. The van der Waals surface area contributed by atoms with Crippen molar-refractivity contribution >= 4 is 85.3 Å². The zero-order valence-electron chi connectivity index (χ0n) is 70.0. The van der Waals surface area contributed by atoms with Gasteiger partial charge in [-0.25, -0.2) is 44.6 Å². The number of thioether (sulfide) groups is 2. The van der Waals surface area contributed by atoms with Gasteiger partial charge in [0.25, 0.3) is 0 Å². The molecule has 5 heterocycles. The molecule has 0 unspecified atom stereocenters. The zero-order valence-corrected chi connectivity index (χ0v) is 76.0. The molecule has 5 fully saturated rings. The monoisotopic (exact) mass is 1640 g/mol. The van der Waals surface area contributed by atoms with Crippen LogP contribution in [0.25, 0.3) is 0 Å². The summed E-state index contributed by atoms with van der Waals surface area (Å²) in [6.45, 7) is 43.8. The Bertz CT molecular complexity index is 2980. The third-order valence-electron chi connectivity index (χ3n) is 14.2. The van der Waals surface area contributed by atoms with E-state index in [1.165, 1.54) is 97.6 Å². The molecule has 0 spiro atoms. The standard InChI is InChI=1S/3C11H15NO2S.C11H15NS.C7H6O.C6H12.C5H10.C4H9NS.C4H6O4.C3H9N.C2H3BO2.C2H7N.3C2H6.Na/c3*13-15(14)8-6-12(7-9-15)10-11-4-2-1-3-5-11;1-2-4-11(5-3-1)10-12-6-8-13-9-7-12;8-6-7-4-2-1-3-5-7;1-3-5-6-4-2;1-3-5-4-2;1-3-6-4-2-5-1;1-3(5)7-8-4(2)6;1-3-4-2;1-2(4)5-3;1-2-3;3*1-2;/h3*1-5H,6-10H2;1-5H,6-10H2;1-6H;3,5H,4,6H2,1-2H3;3H,1,4-5H2,2H3;5H,1-4H2;1-2H3;4H,3H2,1-2H3;1H3;2-3H2,1H3;3*1-2H3;/q;;;;;;;;;;-1;;;;;+1/b;;;;;5-3+;;;;;;;;;;. The van der Waals surface area contributed by atoms with E-state index in [0.717, 1.165) is 71.4 Å². The summed E-state index contributed by atoms with van der Waals surface area (Å²) in [6, 6.07) is 50.3. The second kappa shape index (κ2) is 83.4. The number of carbonyl (C=O) groups excluding carboxylic acids is 4. The maximum Gasteiger partial charge on any atom is 1.00 e. The molecule has 5 saturated heterocycles. The number of nitrogens with one attached hydrogen (secondary N) is 2. The summed E-state index contributed by atoms with van der Waals surface area (Å²) < 4.78 is 70.9. The second-order valence-corrected chi connectivity index (χ2v) is 32.7. The fraction of sp³-hybridized carbons (Fsp3) is 0.542. The summed E-state index contributed by atoms with van der Waals surface area (Å²) in [4.78, 5) is 55.9. The minimum atomic E-state index is -2.75. The number of allylic oxidation sites excluding steroid dienone is 3. The minimum Gasteiger partial charge on any atom is -0.793 e. The second-order valence-electron chi connectivity index (χ2n) is 23.3. The molecule has 10 rings (SSSR count). The van der Waals surface area contributed by atoms with Crippen molar-refractivity contribution < 1.29 is 88.4 Å². The summed E-state index contributed by atoms with van der Waals surface area (Å²) >= 11 is 4.10. The molecular formula is C83H140BN7NaO13S5. The molecule has 5 aliphatic rings. The Morgan fingerprint density at radius 2 is 0.745 bits per heavy atom. The predicted octanol–water partition coefficient (Wildman–Crippen LogP) is 11.1. The van der Waals surface area contributed by atoms with Gasteiger partial charge in [0.15, 0.2) is 29.5 Å². The van der Waals surface area contributed by atoms with Gasteiger partial charge in [-0.05, 0) is 62.2 Å². The van der Waals surface area contributed by atoms with Gasteiger partial charge in [-0.15, -0.1) is 6.58 Å². The van der Waals surface area contributed by atoms with Crippen molar-refractivity contribution in [2.45, 2.75) is 149 Å².